The second-order valence-electron chi connectivity index (χ2n) is 12.6. The van der Waals surface area contributed by atoms with E-state index in [0.717, 1.165) is 36.4 Å². The summed E-state index contributed by atoms with van der Waals surface area (Å²) >= 11 is 2.91. The smallest absolute Gasteiger partial charge is 0.235 e. The monoisotopic (exact) mass is 579 g/mol. The molecular formula is C31H41N5O2S2. The van der Waals surface area contributed by atoms with Crippen LogP contribution in [0.2, 0.25) is 0 Å². The van der Waals surface area contributed by atoms with E-state index in [4.69, 9.17) is 4.74 Å². The molecule has 1 aromatic carbocycles. The minimum absolute atomic E-state index is 0.0827. The molecule has 0 saturated heterocycles. The minimum Gasteiger partial charge on any atom is -0.483 e. The molecular weight excluding hydrogens is 539 g/mol. The molecule has 0 bridgehead atoms. The highest BCUT2D eigenvalue weighted by Crippen LogP contribution is 2.44. The van der Waals surface area contributed by atoms with Gasteiger partial charge in [0, 0.05) is 11.4 Å². The van der Waals surface area contributed by atoms with Crippen molar-refractivity contribution in [2.45, 2.75) is 97.9 Å². The molecule has 214 valence electrons. The number of rotatable bonds is 8. The van der Waals surface area contributed by atoms with Crippen LogP contribution in [0.1, 0.15) is 95.3 Å². The van der Waals surface area contributed by atoms with Crippen molar-refractivity contribution in [3.63, 3.8) is 0 Å². The molecule has 2 atom stereocenters. The van der Waals surface area contributed by atoms with Crippen molar-refractivity contribution in [2.75, 3.05) is 11.1 Å². The number of hydrogen-bond acceptors (Lipinski definition) is 7. The third-order valence-corrected chi connectivity index (χ3v) is 9.78. The molecule has 1 N–H and O–H groups in total. The summed E-state index contributed by atoms with van der Waals surface area (Å²) in [7, 11) is 0. The van der Waals surface area contributed by atoms with Gasteiger partial charge in [-0.05, 0) is 73.1 Å². The largest absolute Gasteiger partial charge is 0.483 e. The average Bonchev–Trinajstić information content (AvgIpc) is 3.46. The van der Waals surface area contributed by atoms with Gasteiger partial charge in [0.2, 0.25) is 5.91 Å². The van der Waals surface area contributed by atoms with Crippen molar-refractivity contribution in [2.24, 2.45) is 11.3 Å². The lowest BCUT2D eigenvalue weighted by molar-refractivity contribution is -0.113. The number of nitrogens with one attached hydrogen (secondary N) is 1. The van der Waals surface area contributed by atoms with E-state index < -0.39 is 0 Å². The maximum Gasteiger partial charge on any atom is 0.235 e. The van der Waals surface area contributed by atoms with Crippen LogP contribution in [-0.4, -0.2) is 26.4 Å². The van der Waals surface area contributed by atoms with Crippen LogP contribution in [0, 0.1) is 22.7 Å². The highest BCUT2D eigenvalue weighted by Gasteiger charge is 2.32. The van der Waals surface area contributed by atoms with Crippen LogP contribution < -0.4 is 10.1 Å². The van der Waals surface area contributed by atoms with E-state index in [1.54, 1.807) is 11.3 Å². The van der Waals surface area contributed by atoms with E-state index in [1.807, 2.05) is 30.5 Å². The molecule has 0 aliphatic heterocycles. The number of nitriles is 1. The van der Waals surface area contributed by atoms with Crippen molar-refractivity contribution >= 4 is 34.0 Å². The fraction of sp³-hybridized carbons (Fsp3) is 0.548. The van der Waals surface area contributed by atoms with E-state index in [9.17, 15) is 10.1 Å². The number of amides is 1. The Morgan fingerprint density at radius 2 is 1.93 bits per heavy atom. The number of hydrogen-bond donors (Lipinski definition) is 1. The summed E-state index contributed by atoms with van der Waals surface area (Å²) in [4.78, 5) is 14.2. The second kappa shape index (κ2) is 12.0. The van der Waals surface area contributed by atoms with E-state index in [-0.39, 0.29) is 28.6 Å². The fourth-order valence-electron chi connectivity index (χ4n) is 5.12. The van der Waals surface area contributed by atoms with Crippen LogP contribution in [0.5, 0.6) is 5.75 Å². The number of carbonyl (C=O) groups is 1. The van der Waals surface area contributed by atoms with Crippen molar-refractivity contribution in [1.82, 2.24) is 14.8 Å². The van der Waals surface area contributed by atoms with Crippen LogP contribution in [0.4, 0.5) is 5.00 Å². The maximum atomic E-state index is 13.0. The summed E-state index contributed by atoms with van der Waals surface area (Å²) in [6.07, 6.45) is 2.63. The minimum atomic E-state index is -0.302. The molecule has 9 heteroatoms. The standard InChI is InChI=1S/C31H41N5O2S2/c1-9-36-27(19(2)38-22-13-10-20(11-14-22)30(3,4)5)34-35-29(36)39-18-26(37)33-28-24(17-32)23-15-12-21(31(6,7)8)16-25(23)40-28/h10-11,13-14,19,21H,9,12,15-16,18H2,1-8H3,(H,33,37). The zero-order valence-corrected chi connectivity index (χ0v) is 26.6. The third-order valence-electron chi connectivity index (χ3n) is 7.65. The number of carbonyl (C=O) groups excluding carboxylic acids is 1. The van der Waals surface area contributed by atoms with Crippen LogP contribution in [-0.2, 0) is 29.6 Å². The quantitative estimate of drug-likeness (QED) is 0.277. The Morgan fingerprint density at radius 3 is 2.52 bits per heavy atom. The molecule has 1 amide bonds. The molecule has 2 unspecified atom stereocenters. The van der Waals surface area contributed by atoms with Crippen LogP contribution >= 0.6 is 23.1 Å². The van der Waals surface area contributed by atoms with Gasteiger partial charge in [-0.15, -0.1) is 21.5 Å². The molecule has 2 aromatic heterocycles. The van der Waals surface area contributed by atoms with Gasteiger partial charge >= 0.3 is 0 Å². The van der Waals surface area contributed by atoms with Gasteiger partial charge in [-0.1, -0.05) is 65.4 Å². The van der Waals surface area contributed by atoms with Gasteiger partial charge in [0.25, 0.3) is 0 Å². The molecule has 1 aliphatic carbocycles. The first-order valence-electron chi connectivity index (χ1n) is 14.0. The molecule has 0 saturated carbocycles. The van der Waals surface area contributed by atoms with Crippen LogP contribution in [0.25, 0.3) is 0 Å². The fourth-order valence-corrected chi connectivity index (χ4v) is 7.22. The first kappa shape index (κ1) is 30.1. The second-order valence-corrected chi connectivity index (χ2v) is 14.6. The summed E-state index contributed by atoms with van der Waals surface area (Å²) in [5, 5.41) is 23.0. The lowest BCUT2D eigenvalue weighted by Crippen LogP contribution is -2.26. The topological polar surface area (TPSA) is 92.8 Å². The zero-order chi connectivity index (χ0) is 29.2. The van der Waals surface area contributed by atoms with Gasteiger partial charge in [0.1, 0.15) is 16.8 Å². The van der Waals surface area contributed by atoms with E-state index in [1.165, 1.54) is 22.2 Å². The van der Waals surface area contributed by atoms with Crippen LogP contribution in [0.3, 0.4) is 0 Å². The summed E-state index contributed by atoms with van der Waals surface area (Å²) in [6.45, 7) is 18.0. The SMILES string of the molecule is CCn1c(SCC(=O)Nc2sc3c(c2C#N)CCC(C(C)(C)C)C3)nnc1C(C)Oc1ccc(C(C)(C)C)cc1. The Morgan fingerprint density at radius 1 is 1.23 bits per heavy atom. The Bertz CT molecular complexity index is 1390. The first-order valence-corrected chi connectivity index (χ1v) is 15.8. The lowest BCUT2D eigenvalue weighted by atomic mass is 9.72. The molecule has 0 radical (unpaired) electrons. The number of fused-ring (bicyclic) bond motifs is 1. The molecule has 2 heterocycles. The highest BCUT2D eigenvalue weighted by atomic mass is 32.2. The predicted octanol–water partition coefficient (Wildman–Crippen LogP) is 7.55. The number of aromatic nitrogens is 3. The number of benzene rings is 1. The number of anilines is 1. The Kier molecular flexibility index (Phi) is 9.01. The van der Waals surface area contributed by atoms with Gasteiger partial charge < -0.3 is 14.6 Å². The molecule has 0 fully saturated rings. The van der Waals surface area contributed by atoms with E-state index in [2.05, 4.69) is 75.3 Å². The zero-order valence-electron chi connectivity index (χ0n) is 24.9. The number of ether oxygens (including phenoxy) is 1. The van der Waals surface area contributed by atoms with Gasteiger partial charge in [0.05, 0.1) is 11.3 Å². The molecule has 0 spiro atoms. The first-order chi connectivity index (χ1) is 18.8. The third kappa shape index (κ3) is 6.72. The number of thioether (sulfide) groups is 1. The highest BCUT2D eigenvalue weighted by molar-refractivity contribution is 7.99. The molecule has 4 rings (SSSR count). The Labute approximate surface area is 246 Å². The molecule has 1 aliphatic rings. The van der Waals surface area contributed by atoms with Crippen molar-refractivity contribution in [3.05, 3.63) is 51.7 Å². The summed E-state index contributed by atoms with van der Waals surface area (Å²) < 4.78 is 8.17. The van der Waals surface area contributed by atoms with E-state index >= 15 is 0 Å². The molecule has 7 nitrogen and oxygen atoms in total. The normalized spacial score (nSPS) is 16.2. The van der Waals surface area contributed by atoms with E-state index in [0.29, 0.717) is 28.2 Å². The van der Waals surface area contributed by atoms with Crippen molar-refractivity contribution < 1.29 is 9.53 Å². The average molecular weight is 580 g/mol. The van der Waals surface area contributed by atoms with Crippen molar-refractivity contribution in [3.8, 4) is 11.8 Å². The number of thiophene rings is 1. The van der Waals surface area contributed by atoms with Gasteiger partial charge in [-0.2, -0.15) is 5.26 Å². The van der Waals surface area contributed by atoms with Gasteiger partial charge in [-0.3, -0.25) is 4.79 Å². The Balaban J connectivity index is 1.39. The summed E-state index contributed by atoms with van der Waals surface area (Å²) in [6, 6.07) is 10.5. The predicted molar refractivity (Wildman–Crippen MR) is 163 cm³/mol. The van der Waals surface area contributed by atoms with Crippen LogP contribution in [0.15, 0.2) is 29.4 Å². The van der Waals surface area contributed by atoms with Crippen molar-refractivity contribution in [1.29, 1.82) is 5.26 Å². The summed E-state index contributed by atoms with van der Waals surface area (Å²) in [5.41, 5.74) is 3.31. The Hall–Kier alpha value is -2.83. The summed E-state index contributed by atoms with van der Waals surface area (Å²) in [5.74, 6) is 2.10. The maximum absolute atomic E-state index is 13.0. The van der Waals surface area contributed by atoms with Gasteiger partial charge in [-0.25, -0.2) is 0 Å². The number of nitrogens with zero attached hydrogens (tertiary/aromatic N) is 4. The lowest BCUT2D eigenvalue weighted by Gasteiger charge is -2.33. The molecule has 3 aromatic rings. The van der Waals surface area contributed by atoms with Gasteiger partial charge in [0.15, 0.2) is 17.1 Å². The molecule has 40 heavy (non-hydrogen) atoms.